The largest absolute Gasteiger partial charge is 0.490 e. The van der Waals surface area contributed by atoms with Crippen LogP contribution in [0.3, 0.4) is 0 Å². The molecule has 0 aromatic heterocycles. The lowest BCUT2D eigenvalue weighted by molar-refractivity contribution is -0.119. The van der Waals surface area contributed by atoms with E-state index in [1.54, 1.807) is 12.1 Å². The summed E-state index contributed by atoms with van der Waals surface area (Å²) in [4.78, 5) is 11.1. The molecular formula is C19H25BrClN3O5S. The van der Waals surface area contributed by atoms with Crippen molar-refractivity contribution in [2.75, 3.05) is 19.8 Å². The Labute approximate surface area is 190 Å². The van der Waals surface area contributed by atoms with Crippen LogP contribution in [0.1, 0.15) is 18.1 Å². The molecule has 8 nitrogen and oxygen atoms in total. The van der Waals surface area contributed by atoms with Crippen molar-refractivity contribution in [3.05, 3.63) is 52.0 Å². The number of primary amides is 1. The molecule has 30 heavy (non-hydrogen) atoms. The number of sulfonamides is 1. The summed E-state index contributed by atoms with van der Waals surface area (Å²) in [6.07, 6.45) is 0.726. The van der Waals surface area contributed by atoms with Crippen LogP contribution >= 0.6 is 28.3 Å². The average Bonchev–Trinajstić information content (AvgIpc) is 2.64. The Morgan fingerprint density at radius 2 is 1.80 bits per heavy atom. The van der Waals surface area contributed by atoms with Crippen LogP contribution in [0, 0.1) is 0 Å². The van der Waals surface area contributed by atoms with E-state index in [2.05, 4.69) is 21.2 Å². The molecule has 2 aromatic carbocycles. The predicted molar refractivity (Wildman–Crippen MR) is 120 cm³/mol. The summed E-state index contributed by atoms with van der Waals surface area (Å²) >= 11 is 3.44. The average molecular weight is 523 g/mol. The number of carbonyl (C=O) groups excluding carboxylic acids is 1. The van der Waals surface area contributed by atoms with E-state index in [1.807, 2.05) is 19.1 Å². The van der Waals surface area contributed by atoms with Crippen molar-refractivity contribution in [2.45, 2.75) is 24.8 Å². The Balaban J connectivity index is 0.00000450. The van der Waals surface area contributed by atoms with E-state index in [9.17, 15) is 13.2 Å². The number of hydrogen-bond acceptors (Lipinski definition) is 6. The Hall–Kier alpha value is -1.85. The van der Waals surface area contributed by atoms with Gasteiger partial charge < -0.3 is 20.5 Å². The molecule has 0 aliphatic heterocycles. The highest BCUT2D eigenvalue weighted by Gasteiger charge is 2.13. The molecule has 0 bridgehead atoms. The van der Waals surface area contributed by atoms with Crippen molar-refractivity contribution in [2.24, 2.45) is 10.9 Å². The first-order valence-electron chi connectivity index (χ1n) is 8.89. The first kappa shape index (κ1) is 26.2. The summed E-state index contributed by atoms with van der Waals surface area (Å²) in [7, 11) is -3.67. The quantitative estimate of drug-likeness (QED) is 0.387. The second-order valence-electron chi connectivity index (χ2n) is 6.21. The predicted octanol–water partition coefficient (Wildman–Crippen LogP) is 2.11. The van der Waals surface area contributed by atoms with Crippen molar-refractivity contribution >= 4 is 44.3 Å². The van der Waals surface area contributed by atoms with E-state index in [1.165, 1.54) is 12.1 Å². The van der Waals surface area contributed by atoms with E-state index < -0.39 is 15.9 Å². The SMILES string of the molecule is CCOc1cc(CNCCc2ccc(S(N)(=O)=O)cc2)cc(Br)c1OCC(N)=O.Cl. The number of rotatable bonds is 11. The highest BCUT2D eigenvalue weighted by atomic mass is 79.9. The van der Waals surface area contributed by atoms with Crippen molar-refractivity contribution in [1.82, 2.24) is 5.32 Å². The van der Waals surface area contributed by atoms with E-state index in [0.29, 0.717) is 35.7 Å². The van der Waals surface area contributed by atoms with Gasteiger partial charge in [0.15, 0.2) is 18.1 Å². The summed E-state index contributed by atoms with van der Waals surface area (Å²) < 4.78 is 34.3. The Morgan fingerprint density at radius 1 is 1.13 bits per heavy atom. The summed E-state index contributed by atoms with van der Waals surface area (Å²) in [5, 5.41) is 8.42. The van der Waals surface area contributed by atoms with Gasteiger partial charge in [-0.15, -0.1) is 12.4 Å². The molecular weight excluding hydrogens is 498 g/mol. The lowest BCUT2D eigenvalue weighted by Crippen LogP contribution is -2.20. The second kappa shape index (κ2) is 12.1. The highest BCUT2D eigenvalue weighted by Crippen LogP contribution is 2.37. The van der Waals surface area contributed by atoms with Crippen molar-refractivity contribution in [1.29, 1.82) is 0 Å². The molecule has 0 unspecified atom stereocenters. The lowest BCUT2D eigenvalue weighted by Gasteiger charge is -2.15. The van der Waals surface area contributed by atoms with Gasteiger partial charge in [-0.05, 0) is 71.2 Å². The van der Waals surface area contributed by atoms with Gasteiger partial charge in [-0.1, -0.05) is 12.1 Å². The molecule has 1 amide bonds. The third-order valence-electron chi connectivity index (χ3n) is 3.90. The Kier molecular flexibility index (Phi) is 10.6. The van der Waals surface area contributed by atoms with Crippen LogP contribution in [0.5, 0.6) is 11.5 Å². The molecule has 0 saturated heterocycles. The molecule has 0 fully saturated rings. The van der Waals surface area contributed by atoms with Crippen LogP contribution in [-0.2, 0) is 27.8 Å². The van der Waals surface area contributed by atoms with Crippen LogP contribution < -0.4 is 25.7 Å². The van der Waals surface area contributed by atoms with Gasteiger partial charge in [0.2, 0.25) is 10.0 Å². The van der Waals surface area contributed by atoms with Crippen molar-refractivity contribution < 1.29 is 22.7 Å². The second-order valence-corrected chi connectivity index (χ2v) is 8.62. The van der Waals surface area contributed by atoms with Crippen LogP contribution in [0.4, 0.5) is 0 Å². The summed E-state index contributed by atoms with van der Waals surface area (Å²) in [5.41, 5.74) is 7.10. The minimum absolute atomic E-state index is 0. The number of carbonyl (C=O) groups is 1. The van der Waals surface area contributed by atoms with Crippen LogP contribution in [0.2, 0.25) is 0 Å². The topological polar surface area (TPSA) is 134 Å². The third kappa shape index (κ3) is 8.11. The number of hydrogen-bond donors (Lipinski definition) is 3. The minimum Gasteiger partial charge on any atom is -0.490 e. The smallest absolute Gasteiger partial charge is 0.255 e. The fourth-order valence-corrected chi connectivity index (χ4v) is 3.70. The molecule has 11 heteroatoms. The number of primary sulfonamides is 1. The van der Waals surface area contributed by atoms with Gasteiger partial charge in [0.25, 0.3) is 5.91 Å². The standard InChI is InChI=1S/C19H24BrN3O5S.ClH/c1-2-27-17-10-14(9-16(20)19(17)28-12-18(21)24)11-23-8-7-13-3-5-15(6-4-13)29(22,25)26;/h3-6,9-10,23H,2,7-8,11-12H2,1H3,(H2,21,24)(H2,22,25,26);1H. The zero-order valence-corrected chi connectivity index (χ0v) is 19.6. The molecule has 166 valence electrons. The van der Waals surface area contributed by atoms with Crippen LogP contribution in [-0.4, -0.2) is 34.1 Å². The van der Waals surface area contributed by atoms with Gasteiger partial charge in [-0.2, -0.15) is 0 Å². The molecule has 0 aliphatic rings. The van der Waals surface area contributed by atoms with Crippen LogP contribution in [0.15, 0.2) is 45.8 Å². The van der Waals surface area contributed by atoms with Crippen molar-refractivity contribution in [3.8, 4) is 11.5 Å². The molecule has 0 saturated carbocycles. The van der Waals surface area contributed by atoms with Gasteiger partial charge in [0.1, 0.15) is 0 Å². The van der Waals surface area contributed by atoms with Crippen molar-refractivity contribution in [3.63, 3.8) is 0 Å². The first-order valence-corrected chi connectivity index (χ1v) is 11.2. The molecule has 0 heterocycles. The lowest BCUT2D eigenvalue weighted by atomic mass is 10.1. The van der Waals surface area contributed by atoms with Gasteiger partial charge >= 0.3 is 0 Å². The fraction of sp³-hybridized carbons (Fsp3) is 0.316. The van der Waals surface area contributed by atoms with Gasteiger partial charge in [0, 0.05) is 6.54 Å². The monoisotopic (exact) mass is 521 g/mol. The summed E-state index contributed by atoms with van der Waals surface area (Å²) in [6.45, 7) is 3.35. The minimum atomic E-state index is -3.67. The maximum absolute atomic E-state index is 11.3. The van der Waals surface area contributed by atoms with Crippen LogP contribution in [0.25, 0.3) is 0 Å². The number of amides is 1. The molecule has 0 radical (unpaired) electrons. The summed E-state index contributed by atoms with van der Waals surface area (Å²) in [5.74, 6) is 0.394. The third-order valence-corrected chi connectivity index (χ3v) is 5.42. The highest BCUT2D eigenvalue weighted by molar-refractivity contribution is 9.10. The molecule has 2 rings (SSSR count). The molecule has 5 N–H and O–H groups in total. The number of ether oxygens (including phenoxy) is 2. The van der Waals surface area contributed by atoms with E-state index in [-0.39, 0.29) is 23.9 Å². The zero-order valence-electron chi connectivity index (χ0n) is 16.4. The fourth-order valence-electron chi connectivity index (χ4n) is 2.58. The Bertz CT molecular complexity index is 955. The maximum atomic E-state index is 11.3. The molecule has 2 aromatic rings. The van der Waals surface area contributed by atoms with Gasteiger partial charge in [0.05, 0.1) is 16.0 Å². The van der Waals surface area contributed by atoms with E-state index in [4.69, 9.17) is 20.3 Å². The number of benzene rings is 2. The maximum Gasteiger partial charge on any atom is 0.255 e. The van der Waals surface area contributed by atoms with E-state index in [0.717, 1.165) is 17.5 Å². The molecule has 0 spiro atoms. The van der Waals surface area contributed by atoms with Gasteiger partial charge in [-0.3, -0.25) is 4.79 Å². The number of halogens is 2. The zero-order chi connectivity index (χ0) is 21.4. The number of nitrogens with one attached hydrogen (secondary N) is 1. The molecule has 0 atom stereocenters. The summed E-state index contributed by atoms with van der Waals surface area (Å²) in [6, 6.07) is 10.2. The normalized spacial score (nSPS) is 10.9. The number of nitrogens with two attached hydrogens (primary N) is 2. The Morgan fingerprint density at radius 3 is 2.37 bits per heavy atom. The van der Waals surface area contributed by atoms with Gasteiger partial charge in [-0.25, -0.2) is 13.6 Å². The van der Waals surface area contributed by atoms with E-state index >= 15 is 0 Å². The first-order chi connectivity index (χ1) is 13.7. The molecule has 0 aliphatic carbocycles.